The summed E-state index contributed by atoms with van der Waals surface area (Å²) in [5.74, 6) is -1.37. The zero-order valence-electron chi connectivity index (χ0n) is 19.4. The minimum atomic E-state index is -1.00. The number of carboxylic acids is 1. The number of ether oxygens (including phenoxy) is 6. The predicted molar refractivity (Wildman–Crippen MR) is 122 cm³/mol. The van der Waals surface area contributed by atoms with E-state index in [1.54, 1.807) is 12.1 Å². The fourth-order valence-electron chi connectivity index (χ4n) is 2.45. The number of anilines is 1. The molecule has 0 saturated heterocycles. The zero-order chi connectivity index (χ0) is 24.0. The minimum absolute atomic E-state index is 0.180. The number of carboxylic acid groups (broad SMARTS) is 1. The van der Waals surface area contributed by atoms with Crippen LogP contribution in [0, 0.1) is 0 Å². The smallest absolute Gasteiger partial charge is 0.338 e. The van der Waals surface area contributed by atoms with Gasteiger partial charge in [0.15, 0.2) is 0 Å². The van der Waals surface area contributed by atoms with E-state index in [-0.39, 0.29) is 25.8 Å². The topological polar surface area (TPSA) is 122 Å². The SMILES string of the molecule is CCCCNc1ccc(C(=O)OCCOCCOCCOCCOCCOCC(=O)O)cc1. The van der Waals surface area contributed by atoms with E-state index < -0.39 is 5.97 Å². The van der Waals surface area contributed by atoms with Crippen LogP contribution in [0.3, 0.4) is 0 Å². The number of rotatable bonds is 22. The number of hydrogen-bond donors (Lipinski definition) is 2. The number of benzene rings is 1. The van der Waals surface area contributed by atoms with Gasteiger partial charge in [0, 0.05) is 12.2 Å². The van der Waals surface area contributed by atoms with Crippen LogP contribution < -0.4 is 5.32 Å². The normalized spacial score (nSPS) is 10.8. The molecule has 0 spiro atoms. The van der Waals surface area contributed by atoms with Gasteiger partial charge in [-0.15, -0.1) is 0 Å². The van der Waals surface area contributed by atoms with E-state index in [9.17, 15) is 9.59 Å². The Morgan fingerprint density at radius 1 is 0.758 bits per heavy atom. The molecule has 0 aromatic heterocycles. The first kappa shape index (κ1) is 28.8. The molecule has 1 aromatic carbocycles. The number of carbonyl (C=O) groups excluding carboxylic acids is 1. The van der Waals surface area contributed by atoms with Crippen molar-refractivity contribution in [2.24, 2.45) is 0 Å². The molecule has 0 bridgehead atoms. The quantitative estimate of drug-likeness (QED) is 0.192. The maximum absolute atomic E-state index is 12.0. The summed E-state index contributed by atoms with van der Waals surface area (Å²) in [7, 11) is 0. The van der Waals surface area contributed by atoms with Gasteiger partial charge in [-0.25, -0.2) is 9.59 Å². The molecule has 2 N–H and O–H groups in total. The lowest BCUT2D eigenvalue weighted by Crippen LogP contribution is -2.15. The number of esters is 1. The van der Waals surface area contributed by atoms with E-state index in [4.69, 9.17) is 33.5 Å². The summed E-state index contributed by atoms with van der Waals surface area (Å²) < 4.78 is 31.3. The molecule has 0 aliphatic rings. The molecule has 0 radical (unpaired) electrons. The second-order valence-electron chi connectivity index (χ2n) is 6.89. The van der Waals surface area contributed by atoms with Gasteiger partial charge in [0.05, 0.1) is 65.0 Å². The first-order valence-electron chi connectivity index (χ1n) is 11.2. The highest BCUT2D eigenvalue weighted by atomic mass is 16.6. The zero-order valence-corrected chi connectivity index (χ0v) is 19.4. The molecule has 0 aliphatic carbocycles. The third kappa shape index (κ3) is 17.0. The van der Waals surface area contributed by atoms with Crippen LogP contribution in [-0.2, 0) is 33.2 Å². The monoisotopic (exact) mass is 471 g/mol. The summed E-state index contributed by atoms with van der Waals surface area (Å²) in [6.07, 6.45) is 2.24. The molecule has 33 heavy (non-hydrogen) atoms. The van der Waals surface area contributed by atoms with Crippen LogP contribution >= 0.6 is 0 Å². The largest absolute Gasteiger partial charge is 0.480 e. The lowest BCUT2D eigenvalue weighted by molar-refractivity contribution is -0.142. The summed E-state index contributed by atoms with van der Waals surface area (Å²) in [5, 5.41) is 11.7. The van der Waals surface area contributed by atoms with Crippen molar-refractivity contribution in [2.45, 2.75) is 19.8 Å². The Kier molecular flexibility index (Phi) is 17.8. The van der Waals surface area contributed by atoms with Gasteiger partial charge < -0.3 is 38.8 Å². The molecule has 188 valence electrons. The summed E-state index contributed by atoms with van der Waals surface area (Å²) >= 11 is 0. The Hall–Kier alpha value is -2.24. The van der Waals surface area contributed by atoms with Crippen molar-refractivity contribution in [1.82, 2.24) is 0 Å². The lowest BCUT2D eigenvalue weighted by atomic mass is 10.2. The van der Waals surface area contributed by atoms with Gasteiger partial charge in [-0.1, -0.05) is 13.3 Å². The molecule has 1 aromatic rings. The van der Waals surface area contributed by atoms with Crippen molar-refractivity contribution >= 4 is 17.6 Å². The second kappa shape index (κ2) is 20.4. The van der Waals surface area contributed by atoms with Gasteiger partial charge in [-0.2, -0.15) is 0 Å². The maximum atomic E-state index is 12.0. The fraction of sp³-hybridized carbons (Fsp3) is 0.652. The Bertz CT molecular complexity index is 625. The van der Waals surface area contributed by atoms with Crippen molar-refractivity contribution in [3.8, 4) is 0 Å². The van der Waals surface area contributed by atoms with Crippen molar-refractivity contribution in [3.63, 3.8) is 0 Å². The Morgan fingerprint density at radius 3 is 1.73 bits per heavy atom. The van der Waals surface area contributed by atoms with E-state index in [1.165, 1.54) is 0 Å². The summed E-state index contributed by atoms with van der Waals surface area (Å²) in [6.45, 7) is 6.28. The van der Waals surface area contributed by atoms with E-state index in [2.05, 4.69) is 12.2 Å². The molecule has 10 nitrogen and oxygen atoms in total. The van der Waals surface area contributed by atoms with Crippen molar-refractivity contribution in [3.05, 3.63) is 29.8 Å². The highest BCUT2D eigenvalue weighted by molar-refractivity contribution is 5.89. The van der Waals surface area contributed by atoms with E-state index in [0.29, 0.717) is 58.4 Å². The van der Waals surface area contributed by atoms with Gasteiger partial charge in [-0.3, -0.25) is 0 Å². The first-order chi connectivity index (χ1) is 16.1. The first-order valence-corrected chi connectivity index (χ1v) is 11.2. The van der Waals surface area contributed by atoms with Gasteiger partial charge in [0.25, 0.3) is 0 Å². The van der Waals surface area contributed by atoms with Gasteiger partial charge in [0.2, 0.25) is 0 Å². The molecular weight excluding hydrogens is 434 g/mol. The molecule has 0 aliphatic heterocycles. The molecule has 0 atom stereocenters. The van der Waals surface area contributed by atoms with Crippen molar-refractivity contribution in [2.75, 3.05) is 84.5 Å². The Balaban J connectivity index is 1.86. The van der Waals surface area contributed by atoms with E-state index >= 15 is 0 Å². The van der Waals surface area contributed by atoms with Crippen LogP contribution in [0.2, 0.25) is 0 Å². The summed E-state index contributed by atoms with van der Waals surface area (Å²) in [4.78, 5) is 22.2. The number of unbranched alkanes of at least 4 members (excludes halogenated alkanes) is 1. The Morgan fingerprint density at radius 2 is 1.24 bits per heavy atom. The second-order valence-corrected chi connectivity index (χ2v) is 6.89. The number of hydrogen-bond acceptors (Lipinski definition) is 9. The highest BCUT2D eigenvalue weighted by Gasteiger charge is 2.06. The van der Waals surface area contributed by atoms with Crippen molar-refractivity contribution in [1.29, 1.82) is 0 Å². The standard InChI is InChI=1S/C23H37NO9/c1-2-3-8-24-21-6-4-20(5-7-21)23(27)33-18-17-31-14-13-29-10-9-28-11-12-30-15-16-32-19-22(25)26/h4-7,24H,2-3,8-19H2,1H3,(H,25,26). The Labute approximate surface area is 195 Å². The van der Waals surface area contributed by atoms with Gasteiger partial charge >= 0.3 is 11.9 Å². The molecule has 0 heterocycles. The van der Waals surface area contributed by atoms with Crippen LogP contribution in [0.1, 0.15) is 30.1 Å². The fourth-order valence-corrected chi connectivity index (χ4v) is 2.45. The molecular formula is C23H37NO9. The molecule has 0 fully saturated rings. The van der Waals surface area contributed by atoms with Crippen LogP contribution in [0.15, 0.2) is 24.3 Å². The van der Waals surface area contributed by atoms with Crippen LogP contribution in [0.25, 0.3) is 0 Å². The number of nitrogens with one attached hydrogen (secondary N) is 1. The maximum Gasteiger partial charge on any atom is 0.338 e. The van der Waals surface area contributed by atoms with Crippen LogP contribution in [-0.4, -0.2) is 96.3 Å². The molecule has 0 saturated carbocycles. The summed E-state index contributed by atoms with van der Waals surface area (Å²) in [5.41, 5.74) is 1.50. The van der Waals surface area contributed by atoms with Crippen molar-refractivity contribution < 1.29 is 43.1 Å². The third-order valence-electron chi connectivity index (χ3n) is 4.15. The number of carbonyl (C=O) groups is 2. The molecule has 0 amide bonds. The minimum Gasteiger partial charge on any atom is -0.480 e. The van der Waals surface area contributed by atoms with Crippen LogP contribution in [0.5, 0.6) is 0 Å². The average molecular weight is 472 g/mol. The van der Waals surface area contributed by atoms with E-state index in [0.717, 1.165) is 25.1 Å². The van der Waals surface area contributed by atoms with E-state index in [1.807, 2.05) is 12.1 Å². The highest BCUT2D eigenvalue weighted by Crippen LogP contribution is 2.10. The van der Waals surface area contributed by atoms with Crippen LogP contribution in [0.4, 0.5) is 5.69 Å². The summed E-state index contributed by atoms with van der Waals surface area (Å²) in [6, 6.07) is 7.24. The number of aliphatic carboxylic acids is 1. The van der Waals surface area contributed by atoms with Gasteiger partial charge in [-0.05, 0) is 30.7 Å². The lowest BCUT2D eigenvalue weighted by Gasteiger charge is -2.09. The van der Waals surface area contributed by atoms with Gasteiger partial charge in [0.1, 0.15) is 13.2 Å². The molecule has 0 unspecified atom stereocenters. The molecule has 1 rings (SSSR count). The average Bonchev–Trinajstić information content (AvgIpc) is 2.81. The molecule has 10 heteroatoms. The predicted octanol–water partition coefficient (Wildman–Crippen LogP) is 2.22. The third-order valence-corrected chi connectivity index (χ3v) is 4.15.